The van der Waals surface area contributed by atoms with Gasteiger partial charge in [0.1, 0.15) is 11.6 Å². The highest BCUT2D eigenvalue weighted by Gasteiger charge is 2.10. The van der Waals surface area contributed by atoms with Crippen LogP contribution in [0.3, 0.4) is 0 Å². The predicted molar refractivity (Wildman–Crippen MR) is 79.6 cm³/mol. The molecule has 0 amide bonds. The van der Waals surface area contributed by atoms with Crippen LogP contribution in [0.25, 0.3) is 0 Å². The number of aromatic nitrogens is 2. The molecule has 1 aromatic heterocycles. The molecule has 20 heavy (non-hydrogen) atoms. The topological polar surface area (TPSA) is 76.9 Å². The first-order chi connectivity index (χ1) is 9.43. The maximum Gasteiger partial charge on any atom is 0.130 e. The molecule has 1 aromatic carbocycles. The molecule has 0 spiro atoms. The number of nitrogen functional groups attached to an aromatic ring is 1. The summed E-state index contributed by atoms with van der Waals surface area (Å²) >= 11 is 0. The highest BCUT2D eigenvalue weighted by molar-refractivity contribution is 5.97. The first kappa shape index (κ1) is 14.1. The van der Waals surface area contributed by atoms with E-state index in [9.17, 15) is 0 Å². The van der Waals surface area contributed by atoms with Gasteiger partial charge in [-0.15, -0.1) is 0 Å². The molecule has 1 heterocycles. The molecule has 0 saturated carbocycles. The largest absolute Gasteiger partial charge is 0.496 e. The van der Waals surface area contributed by atoms with Crippen LogP contribution < -0.4 is 10.5 Å². The van der Waals surface area contributed by atoms with Crippen molar-refractivity contribution in [2.24, 2.45) is 5.73 Å². The molecule has 0 atom stereocenters. The molecule has 5 nitrogen and oxygen atoms in total. The molecule has 0 unspecified atom stereocenters. The lowest BCUT2D eigenvalue weighted by Crippen LogP contribution is -2.13. The van der Waals surface area contributed by atoms with Crippen molar-refractivity contribution >= 4 is 5.84 Å². The number of methoxy groups -OCH3 is 1. The van der Waals surface area contributed by atoms with Crippen molar-refractivity contribution in [1.29, 1.82) is 5.41 Å². The number of hydrogen-bond donors (Lipinski definition) is 2. The maximum atomic E-state index is 7.52. The maximum absolute atomic E-state index is 7.52. The third-order valence-electron chi connectivity index (χ3n) is 3.63. The minimum atomic E-state index is 0.00959. The summed E-state index contributed by atoms with van der Waals surface area (Å²) in [6, 6.07) is 5.67. The number of nitrogens with zero attached hydrogens (tertiary/aromatic N) is 2. The van der Waals surface area contributed by atoms with E-state index in [-0.39, 0.29) is 5.84 Å². The minimum absolute atomic E-state index is 0.00959. The molecule has 0 radical (unpaired) electrons. The van der Waals surface area contributed by atoms with Crippen LogP contribution in [0, 0.1) is 26.2 Å². The third kappa shape index (κ3) is 2.52. The molecule has 0 fully saturated rings. The van der Waals surface area contributed by atoms with Gasteiger partial charge in [-0.05, 0) is 44.0 Å². The number of aryl methyl sites for hydroxylation is 1. The zero-order valence-corrected chi connectivity index (χ0v) is 12.3. The van der Waals surface area contributed by atoms with E-state index in [0.717, 1.165) is 17.0 Å². The number of rotatable bonds is 4. The van der Waals surface area contributed by atoms with E-state index in [1.54, 1.807) is 7.11 Å². The van der Waals surface area contributed by atoms with Crippen molar-refractivity contribution in [3.05, 3.63) is 46.3 Å². The highest BCUT2D eigenvalue weighted by Crippen LogP contribution is 2.21. The number of ether oxygens (including phenoxy) is 1. The van der Waals surface area contributed by atoms with Gasteiger partial charge in [-0.1, -0.05) is 6.07 Å². The molecular weight excluding hydrogens is 252 g/mol. The van der Waals surface area contributed by atoms with Gasteiger partial charge in [0.15, 0.2) is 0 Å². The second-order valence-electron chi connectivity index (χ2n) is 4.90. The Morgan fingerprint density at radius 2 is 2.05 bits per heavy atom. The summed E-state index contributed by atoms with van der Waals surface area (Å²) in [4.78, 5) is 0. The zero-order valence-electron chi connectivity index (χ0n) is 12.3. The first-order valence-electron chi connectivity index (χ1n) is 6.46. The Labute approximate surface area is 118 Å². The van der Waals surface area contributed by atoms with E-state index < -0.39 is 0 Å². The van der Waals surface area contributed by atoms with Crippen molar-refractivity contribution in [2.75, 3.05) is 7.11 Å². The van der Waals surface area contributed by atoms with E-state index in [0.29, 0.717) is 17.9 Å². The SMILES string of the molecule is COc1cc(Cn2nc(C)c(C)c2C)ccc1C(=N)N. The Morgan fingerprint density at radius 1 is 1.35 bits per heavy atom. The van der Waals surface area contributed by atoms with Crippen molar-refractivity contribution < 1.29 is 4.74 Å². The van der Waals surface area contributed by atoms with Gasteiger partial charge in [-0.25, -0.2) is 0 Å². The molecule has 0 saturated heterocycles. The summed E-state index contributed by atoms with van der Waals surface area (Å²) in [6.45, 7) is 6.83. The third-order valence-corrected chi connectivity index (χ3v) is 3.63. The Morgan fingerprint density at radius 3 is 2.55 bits per heavy atom. The van der Waals surface area contributed by atoms with Gasteiger partial charge in [0.2, 0.25) is 0 Å². The summed E-state index contributed by atoms with van der Waals surface area (Å²) < 4.78 is 7.27. The lowest BCUT2D eigenvalue weighted by Gasteiger charge is -2.10. The molecule has 5 heteroatoms. The monoisotopic (exact) mass is 272 g/mol. The standard InChI is InChI=1S/C15H20N4O/c1-9-10(2)18-19(11(9)3)8-12-5-6-13(15(16)17)14(7-12)20-4/h5-7H,8H2,1-4H3,(H3,16,17). The quantitative estimate of drug-likeness (QED) is 0.661. The normalized spacial score (nSPS) is 10.6. The van der Waals surface area contributed by atoms with Crippen LogP contribution in [-0.2, 0) is 6.54 Å². The minimum Gasteiger partial charge on any atom is -0.496 e. The highest BCUT2D eigenvalue weighted by atomic mass is 16.5. The van der Waals surface area contributed by atoms with Crippen LogP contribution in [-0.4, -0.2) is 22.7 Å². The average molecular weight is 272 g/mol. The molecular formula is C15H20N4O. The summed E-state index contributed by atoms with van der Waals surface area (Å²) in [5.41, 5.74) is 10.6. The molecule has 3 N–H and O–H groups in total. The van der Waals surface area contributed by atoms with Crippen molar-refractivity contribution in [1.82, 2.24) is 9.78 Å². The van der Waals surface area contributed by atoms with Crippen LogP contribution in [0.5, 0.6) is 5.75 Å². The zero-order chi connectivity index (χ0) is 14.9. The molecule has 0 aliphatic heterocycles. The molecule has 0 aliphatic rings. The fourth-order valence-corrected chi connectivity index (χ4v) is 2.17. The summed E-state index contributed by atoms with van der Waals surface area (Å²) in [5, 5.41) is 12.0. The second kappa shape index (κ2) is 5.36. The number of hydrogen-bond acceptors (Lipinski definition) is 3. The van der Waals surface area contributed by atoms with Gasteiger partial charge < -0.3 is 10.5 Å². The Kier molecular flexibility index (Phi) is 3.79. The van der Waals surface area contributed by atoms with Crippen molar-refractivity contribution in [2.45, 2.75) is 27.3 Å². The van der Waals surface area contributed by atoms with Crippen LogP contribution >= 0.6 is 0 Å². The molecule has 2 aromatic rings. The number of benzene rings is 1. The first-order valence-corrected chi connectivity index (χ1v) is 6.46. The number of amidine groups is 1. The van der Waals surface area contributed by atoms with Crippen LogP contribution in [0.4, 0.5) is 0 Å². The Bertz CT molecular complexity index is 658. The lowest BCUT2D eigenvalue weighted by molar-refractivity contribution is 0.413. The van der Waals surface area contributed by atoms with E-state index in [1.807, 2.05) is 29.8 Å². The number of nitrogens with one attached hydrogen (secondary N) is 1. The van der Waals surface area contributed by atoms with E-state index in [1.165, 1.54) is 5.56 Å². The lowest BCUT2D eigenvalue weighted by atomic mass is 10.1. The van der Waals surface area contributed by atoms with E-state index in [2.05, 4.69) is 18.9 Å². The molecule has 0 bridgehead atoms. The van der Waals surface area contributed by atoms with Crippen LogP contribution in [0.1, 0.15) is 28.1 Å². The fraction of sp³-hybridized carbons (Fsp3) is 0.333. The van der Waals surface area contributed by atoms with E-state index in [4.69, 9.17) is 15.9 Å². The van der Waals surface area contributed by atoms with Gasteiger partial charge in [0.05, 0.1) is 24.9 Å². The van der Waals surface area contributed by atoms with Gasteiger partial charge in [0, 0.05) is 5.69 Å². The van der Waals surface area contributed by atoms with Gasteiger partial charge in [-0.3, -0.25) is 10.1 Å². The van der Waals surface area contributed by atoms with Gasteiger partial charge >= 0.3 is 0 Å². The molecule has 106 valence electrons. The fourth-order valence-electron chi connectivity index (χ4n) is 2.17. The number of nitrogens with two attached hydrogens (primary N) is 1. The Balaban J connectivity index is 2.34. The van der Waals surface area contributed by atoms with Crippen molar-refractivity contribution in [3.63, 3.8) is 0 Å². The molecule has 2 rings (SSSR count). The van der Waals surface area contributed by atoms with Crippen LogP contribution in [0.15, 0.2) is 18.2 Å². The smallest absolute Gasteiger partial charge is 0.130 e. The summed E-state index contributed by atoms with van der Waals surface area (Å²) in [7, 11) is 1.58. The summed E-state index contributed by atoms with van der Waals surface area (Å²) in [5.74, 6) is 0.628. The van der Waals surface area contributed by atoms with Gasteiger partial charge in [-0.2, -0.15) is 5.10 Å². The average Bonchev–Trinajstić information content (AvgIpc) is 2.66. The summed E-state index contributed by atoms with van der Waals surface area (Å²) in [6.07, 6.45) is 0. The van der Waals surface area contributed by atoms with Gasteiger partial charge in [0.25, 0.3) is 0 Å². The van der Waals surface area contributed by atoms with Crippen LogP contribution in [0.2, 0.25) is 0 Å². The predicted octanol–water partition coefficient (Wildman–Crippen LogP) is 2.15. The van der Waals surface area contributed by atoms with E-state index >= 15 is 0 Å². The Hall–Kier alpha value is -2.30. The second-order valence-corrected chi connectivity index (χ2v) is 4.90. The molecule has 0 aliphatic carbocycles. The van der Waals surface area contributed by atoms with Crippen molar-refractivity contribution in [3.8, 4) is 5.75 Å².